The summed E-state index contributed by atoms with van der Waals surface area (Å²) < 4.78 is 13.7. The maximum Gasteiger partial charge on any atom is 0.256 e. The molecule has 5 heteroatoms. The van der Waals surface area contributed by atoms with E-state index in [1.54, 1.807) is 22.8 Å². The molecular formula is C14H17FN2O2. The molecular weight excluding hydrogens is 247 g/mol. The fourth-order valence-corrected chi connectivity index (χ4v) is 2.19. The van der Waals surface area contributed by atoms with Crippen LogP contribution in [-0.4, -0.2) is 47.8 Å². The first-order valence-corrected chi connectivity index (χ1v) is 6.30. The Balaban J connectivity index is 2.07. The van der Waals surface area contributed by atoms with Crippen molar-refractivity contribution in [1.82, 2.24) is 9.80 Å². The molecule has 0 unspecified atom stereocenters. The number of hydrogen-bond donors (Lipinski definition) is 0. The van der Waals surface area contributed by atoms with Crippen LogP contribution in [-0.2, 0) is 4.79 Å². The van der Waals surface area contributed by atoms with E-state index in [0.29, 0.717) is 26.2 Å². The highest BCUT2D eigenvalue weighted by atomic mass is 19.1. The van der Waals surface area contributed by atoms with E-state index < -0.39 is 5.82 Å². The summed E-state index contributed by atoms with van der Waals surface area (Å²) in [7, 11) is 0. The van der Waals surface area contributed by atoms with Crippen molar-refractivity contribution >= 4 is 11.8 Å². The summed E-state index contributed by atoms with van der Waals surface area (Å²) in [4.78, 5) is 26.7. The van der Waals surface area contributed by atoms with Gasteiger partial charge in [0.15, 0.2) is 0 Å². The van der Waals surface area contributed by atoms with E-state index in [1.807, 2.05) is 0 Å². The number of carbonyl (C=O) groups is 2. The van der Waals surface area contributed by atoms with Gasteiger partial charge in [-0.15, -0.1) is 0 Å². The lowest BCUT2D eigenvalue weighted by Crippen LogP contribution is -2.50. The minimum Gasteiger partial charge on any atom is -0.339 e. The summed E-state index contributed by atoms with van der Waals surface area (Å²) in [6, 6.07) is 4.60. The molecule has 2 rings (SSSR count). The predicted octanol–water partition coefficient (Wildman–Crippen LogP) is 1.44. The molecule has 4 nitrogen and oxygen atoms in total. The Morgan fingerprint density at radius 3 is 2.21 bits per heavy atom. The molecule has 0 spiro atoms. The summed E-state index contributed by atoms with van der Waals surface area (Å²) >= 11 is 0. The van der Waals surface area contributed by atoms with Crippen molar-refractivity contribution in [3.8, 4) is 0 Å². The van der Waals surface area contributed by atoms with Crippen LogP contribution < -0.4 is 0 Å². The Morgan fingerprint density at radius 2 is 1.68 bits per heavy atom. The summed E-state index contributed by atoms with van der Waals surface area (Å²) in [5, 5.41) is 0. The first-order chi connectivity index (χ1) is 8.99. The molecule has 1 aromatic carbocycles. The smallest absolute Gasteiger partial charge is 0.256 e. The second-order valence-corrected chi connectivity index (χ2v) is 4.78. The maximum atomic E-state index is 13.7. The lowest BCUT2D eigenvalue weighted by Gasteiger charge is -2.34. The number of benzene rings is 1. The van der Waals surface area contributed by atoms with Crippen molar-refractivity contribution in [2.75, 3.05) is 26.2 Å². The van der Waals surface area contributed by atoms with E-state index in [0.717, 1.165) is 5.56 Å². The number of amides is 2. The molecule has 102 valence electrons. The number of hydrogen-bond acceptors (Lipinski definition) is 2. The van der Waals surface area contributed by atoms with Crippen LogP contribution in [0.25, 0.3) is 0 Å². The normalized spacial score (nSPS) is 15.5. The summed E-state index contributed by atoms with van der Waals surface area (Å²) in [6.07, 6.45) is 0. The first-order valence-electron chi connectivity index (χ1n) is 6.30. The Bertz CT molecular complexity index is 508. The van der Waals surface area contributed by atoms with Gasteiger partial charge in [-0.3, -0.25) is 9.59 Å². The topological polar surface area (TPSA) is 40.6 Å². The van der Waals surface area contributed by atoms with E-state index in [9.17, 15) is 14.0 Å². The molecule has 1 aliphatic heterocycles. The van der Waals surface area contributed by atoms with Crippen molar-refractivity contribution in [1.29, 1.82) is 0 Å². The van der Waals surface area contributed by atoms with Crippen molar-refractivity contribution < 1.29 is 14.0 Å². The quantitative estimate of drug-likeness (QED) is 0.770. The molecule has 19 heavy (non-hydrogen) atoms. The van der Waals surface area contributed by atoms with Gasteiger partial charge in [-0.1, -0.05) is 6.07 Å². The van der Waals surface area contributed by atoms with Crippen LogP contribution in [0.1, 0.15) is 22.8 Å². The molecule has 1 aliphatic rings. The zero-order valence-electron chi connectivity index (χ0n) is 11.1. The van der Waals surface area contributed by atoms with E-state index in [2.05, 4.69) is 0 Å². The zero-order valence-corrected chi connectivity index (χ0v) is 11.1. The monoisotopic (exact) mass is 264 g/mol. The van der Waals surface area contributed by atoms with Crippen LogP contribution in [0.2, 0.25) is 0 Å². The average molecular weight is 264 g/mol. The van der Waals surface area contributed by atoms with Gasteiger partial charge in [0.1, 0.15) is 5.82 Å². The summed E-state index contributed by atoms with van der Waals surface area (Å²) in [5.41, 5.74) is 0.886. The molecule has 0 aliphatic carbocycles. The highest BCUT2D eigenvalue weighted by molar-refractivity contribution is 5.94. The predicted molar refractivity (Wildman–Crippen MR) is 69.3 cm³/mol. The first kappa shape index (κ1) is 13.5. The number of rotatable bonds is 1. The molecule has 0 atom stereocenters. The maximum absolute atomic E-state index is 13.7. The Kier molecular flexibility index (Phi) is 3.83. The SMILES string of the molecule is CC(=O)N1CCN(C(=O)c2ccc(C)cc2F)CC1. The van der Waals surface area contributed by atoms with E-state index in [1.165, 1.54) is 19.1 Å². The molecule has 0 radical (unpaired) electrons. The van der Waals surface area contributed by atoms with Crippen LogP contribution in [0.15, 0.2) is 18.2 Å². The highest BCUT2D eigenvalue weighted by Crippen LogP contribution is 2.14. The molecule has 2 amide bonds. The lowest BCUT2D eigenvalue weighted by atomic mass is 10.1. The molecule has 1 fully saturated rings. The van der Waals surface area contributed by atoms with Crippen molar-refractivity contribution in [2.45, 2.75) is 13.8 Å². The average Bonchev–Trinajstić information content (AvgIpc) is 2.38. The van der Waals surface area contributed by atoms with Gasteiger partial charge in [0.25, 0.3) is 5.91 Å². The third-order valence-corrected chi connectivity index (χ3v) is 3.37. The second kappa shape index (κ2) is 5.38. The number of aryl methyl sites for hydroxylation is 1. The van der Waals surface area contributed by atoms with Crippen LogP contribution in [0.5, 0.6) is 0 Å². The third-order valence-electron chi connectivity index (χ3n) is 3.37. The Hall–Kier alpha value is -1.91. The largest absolute Gasteiger partial charge is 0.339 e. The van der Waals surface area contributed by atoms with Gasteiger partial charge in [-0.05, 0) is 24.6 Å². The molecule has 1 heterocycles. The lowest BCUT2D eigenvalue weighted by molar-refractivity contribution is -0.130. The standard InChI is InChI=1S/C14H17FN2O2/c1-10-3-4-12(13(15)9-10)14(19)17-7-5-16(6-8-17)11(2)18/h3-4,9H,5-8H2,1-2H3. The molecule has 1 aromatic rings. The fourth-order valence-electron chi connectivity index (χ4n) is 2.19. The van der Waals surface area contributed by atoms with E-state index >= 15 is 0 Å². The highest BCUT2D eigenvalue weighted by Gasteiger charge is 2.24. The van der Waals surface area contributed by atoms with Gasteiger partial charge >= 0.3 is 0 Å². The van der Waals surface area contributed by atoms with E-state index in [4.69, 9.17) is 0 Å². The second-order valence-electron chi connectivity index (χ2n) is 4.78. The van der Waals surface area contributed by atoms with Gasteiger partial charge in [-0.2, -0.15) is 0 Å². The molecule has 0 N–H and O–H groups in total. The van der Waals surface area contributed by atoms with Crippen molar-refractivity contribution in [3.05, 3.63) is 35.1 Å². The van der Waals surface area contributed by atoms with Gasteiger partial charge in [0.2, 0.25) is 5.91 Å². The summed E-state index contributed by atoms with van der Waals surface area (Å²) in [5.74, 6) is -0.784. The molecule has 0 aromatic heterocycles. The third kappa shape index (κ3) is 2.92. The van der Waals surface area contributed by atoms with Gasteiger partial charge in [-0.25, -0.2) is 4.39 Å². The minimum absolute atomic E-state index is 0.00798. The van der Waals surface area contributed by atoms with Crippen LogP contribution in [0, 0.1) is 12.7 Å². The minimum atomic E-state index is -0.487. The van der Waals surface area contributed by atoms with Gasteiger partial charge < -0.3 is 9.80 Å². The van der Waals surface area contributed by atoms with Crippen molar-refractivity contribution in [3.63, 3.8) is 0 Å². The van der Waals surface area contributed by atoms with Gasteiger partial charge in [0, 0.05) is 33.1 Å². The number of piperazine rings is 1. The molecule has 0 saturated carbocycles. The zero-order chi connectivity index (χ0) is 14.0. The molecule has 1 saturated heterocycles. The Labute approximate surface area is 111 Å². The van der Waals surface area contributed by atoms with Crippen molar-refractivity contribution in [2.24, 2.45) is 0 Å². The Morgan fingerprint density at radius 1 is 1.11 bits per heavy atom. The molecule has 0 bridgehead atoms. The van der Waals surface area contributed by atoms with Crippen LogP contribution >= 0.6 is 0 Å². The van der Waals surface area contributed by atoms with Crippen LogP contribution in [0.3, 0.4) is 0 Å². The van der Waals surface area contributed by atoms with Gasteiger partial charge in [0.05, 0.1) is 5.56 Å². The summed E-state index contributed by atoms with van der Waals surface area (Å²) in [6.45, 7) is 5.21. The number of nitrogens with zero attached hydrogens (tertiary/aromatic N) is 2. The fraction of sp³-hybridized carbons (Fsp3) is 0.429. The van der Waals surface area contributed by atoms with Crippen LogP contribution in [0.4, 0.5) is 4.39 Å². The number of carbonyl (C=O) groups excluding carboxylic acids is 2. The van der Waals surface area contributed by atoms with E-state index in [-0.39, 0.29) is 17.4 Å². The number of halogens is 1.